The van der Waals surface area contributed by atoms with Crippen molar-refractivity contribution in [1.82, 2.24) is 14.8 Å². The fourth-order valence-electron chi connectivity index (χ4n) is 3.12. The molecule has 1 N–H and O–H groups in total. The molecule has 0 bridgehead atoms. The Kier molecular flexibility index (Phi) is 5.38. The Morgan fingerprint density at radius 1 is 1.08 bits per heavy atom. The zero-order valence-corrected chi connectivity index (χ0v) is 14.4. The van der Waals surface area contributed by atoms with E-state index in [1.165, 1.54) is 0 Å². The second kappa shape index (κ2) is 7.88. The minimum Gasteiger partial charge on any atom is -0.496 e. The van der Waals surface area contributed by atoms with Gasteiger partial charge in [-0.25, -0.2) is 0 Å². The number of hydrogen-bond donors (Lipinski definition) is 1. The number of H-pyrrole nitrogens is 1. The molecule has 0 aliphatic carbocycles. The lowest BCUT2D eigenvalue weighted by molar-refractivity contribution is -0.130. The Hall–Kier alpha value is -2.76. The highest BCUT2D eigenvalue weighted by Crippen LogP contribution is 2.20. The van der Waals surface area contributed by atoms with Gasteiger partial charge in [-0.3, -0.25) is 9.59 Å². The fraction of sp³-hybridized carbons (Fsp3) is 0.368. The smallest absolute Gasteiger partial charge is 0.257 e. The van der Waals surface area contributed by atoms with Crippen LogP contribution in [0, 0.1) is 0 Å². The standard InChI is InChI=1S/C19H23N3O3/c1-25-17-6-3-2-5-16(17)19(24)22-10-4-9-21(11-12-22)18(23)13-15-7-8-20-14-15/h2-3,5-8,14,20H,4,9-13H2,1H3. The van der Waals surface area contributed by atoms with Crippen molar-refractivity contribution in [3.05, 3.63) is 53.9 Å². The molecule has 0 radical (unpaired) electrons. The lowest BCUT2D eigenvalue weighted by Gasteiger charge is -2.23. The number of hydrogen-bond acceptors (Lipinski definition) is 3. The third-order valence-electron chi connectivity index (χ3n) is 4.49. The number of benzene rings is 1. The molecule has 6 nitrogen and oxygen atoms in total. The molecule has 1 saturated heterocycles. The van der Waals surface area contributed by atoms with Crippen molar-refractivity contribution in [3.63, 3.8) is 0 Å². The van der Waals surface area contributed by atoms with Crippen molar-refractivity contribution in [1.29, 1.82) is 0 Å². The van der Waals surface area contributed by atoms with Gasteiger partial charge >= 0.3 is 0 Å². The van der Waals surface area contributed by atoms with Crippen LogP contribution in [0.1, 0.15) is 22.3 Å². The molecule has 2 amide bonds. The maximum Gasteiger partial charge on any atom is 0.257 e. The van der Waals surface area contributed by atoms with E-state index in [-0.39, 0.29) is 11.8 Å². The number of para-hydroxylation sites is 1. The molecule has 0 unspecified atom stereocenters. The summed E-state index contributed by atoms with van der Waals surface area (Å²) in [6.45, 7) is 2.42. The zero-order valence-electron chi connectivity index (χ0n) is 14.4. The number of rotatable bonds is 4. The van der Waals surface area contributed by atoms with Gasteiger partial charge in [0.05, 0.1) is 19.1 Å². The number of amides is 2. The minimum atomic E-state index is -0.0441. The minimum absolute atomic E-state index is 0.0441. The normalized spacial score (nSPS) is 14.9. The Labute approximate surface area is 147 Å². The second-order valence-corrected chi connectivity index (χ2v) is 6.12. The van der Waals surface area contributed by atoms with Gasteiger partial charge in [0.25, 0.3) is 5.91 Å². The van der Waals surface area contributed by atoms with Crippen LogP contribution in [0.3, 0.4) is 0 Å². The van der Waals surface area contributed by atoms with Crippen molar-refractivity contribution in [2.75, 3.05) is 33.3 Å². The van der Waals surface area contributed by atoms with E-state index in [1.807, 2.05) is 35.5 Å². The van der Waals surface area contributed by atoms with Crippen LogP contribution in [0.2, 0.25) is 0 Å². The van der Waals surface area contributed by atoms with Crippen LogP contribution >= 0.6 is 0 Å². The van der Waals surface area contributed by atoms with Crippen LogP contribution in [0.25, 0.3) is 0 Å². The third-order valence-corrected chi connectivity index (χ3v) is 4.49. The molecule has 132 valence electrons. The lowest BCUT2D eigenvalue weighted by Crippen LogP contribution is -2.38. The van der Waals surface area contributed by atoms with E-state index >= 15 is 0 Å². The molecule has 0 spiro atoms. The molecule has 2 aromatic rings. The monoisotopic (exact) mass is 341 g/mol. The number of ether oxygens (including phenoxy) is 1. The van der Waals surface area contributed by atoms with E-state index in [4.69, 9.17) is 4.74 Å². The Morgan fingerprint density at radius 3 is 2.60 bits per heavy atom. The third kappa shape index (κ3) is 4.02. The predicted molar refractivity (Wildman–Crippen MR) is 94.6 cm³/mol. The number of nitrogens with one attached hydrogen (secondary N) is 1. The summed E-state index contributed by atoms with van der Waals surface area (Å²) in [5.41, 5.74) is 1.55. The molecule has 3 rings (SSSR count). The van der Waals surface area contributed by atoms with Gasteiger partial charge in [-0.2, -0.15) is 0 Å². The number of aromatic amines is 1. The second-order valence-electron chi connectivity index (χ2n) is 6.12. The van der Waals surface area contributed by atoms with Crippen molar-refractivity contribution in [3.8, 4) is 5.75 Å². The average molecular weight is 341 g/mol. The summed E-state index contributed by atoms with van der Waals surface area (Å²) < 4.78 is 5.29. The number of methoxy groups -OCH3 is 1. The molecule has 0 atom stereocenters. The van der Waals surface area contributed by atoms with E-state index in [0.29, 0.717) is 43.9 Å². The van der Waals surface area contributed by atoms with E-state index in [1.54, 1.807) is 24.1 Å². The van der Waals surface area contributed by atoms with Crippen molar-refractivity contribution in [2.45, 2.75) is 12.8 Å². The van der Waals surface area contributed by atoms with Gasteiger partial charge < -0.3 is 19.5 Å². The summed E-state index contributed by atoms with van der Waals surface area (Å²) in [6.07, 6.45) is 4.83. The summed E-state index contributed by atoms with van der Waals surface area (Å²) in [5.74, 6) is 0.640. The number of aromatic nitrogens is 1. The Balaban J connectivity index is 1.63. The van der Waals surface area contributed by atoms with Gasteiger partial charge in [0.1, 0.15) is 5.75 Å². The van der Waals surface area contributed by atoms with Crippen LogP contribution < -0.4 is 4.74 Å². The van der Waals surface area contributed by atoms with Crippen LogP contribution in [0.4, 0.5) is 0 Å². The van der Waals surface area contributed by atoms with Gasteiger partial charge in [-0.1, -0.05) is 12.1 Å². The molecule has 1 aromatic heterocycles. The molecule has 1 aromatic carbocycles. The molecule has 1 fully saturated rings. The first-order valence-corrected chi connectivity index (χ1v) is 8.51. The van der Waals surface area contributed by atoms with E-state index in [9.17, 15) is 9.59 Å². The fourth-order valence-corrected chi connectivity index (χ4v) is 3.12. The number of nitrogens with zero attached hydrogens (tertiary/aromatic N) is 2. The van der Waals surface area contributed by atoms with Crippen molar-refractivity contribution < 1.29 is 14.3 Å². The van der Waals surface area contributed by atoms with Crippen LogP contribution in [-0.2, 0) is 11.2 Å². The molecular weight excluding hydrogens is 318 g/mol. The Bertz CT molecular complexity index is 727. The maximum atomic E-state index is 12.8. The molecule has 25 heavy (non-hydrogen) atoms. The molecule has 1 aliphatic heterocycles. The zero-order chi connectivity index (χ0) is 17.6. The van der Waals surface area contributed by atoms with Gasteiger partial charge in [-0.15, -0.1) is 0 Å². The van der Waals surface area contributed by atoms with E-state index < -0.39 is 0 Å². The largest absolute Gasteiger partial charge is 0.496 e. The molecule has 0 saturated carbocycles. The van der Waals surface area contributed by atoms with E-state index in [2.05, 4.69) is 4.98 Å². The molecule has 6 heteroatoms. The van der Waals surface area contributed by atoms with Crippen LogP contribution in [-0.4, -0.2) is 59.9 Å². The van der Waals surface area contributed by atoms with Crippen molar-refractivity contribution >= 4 is 11.8 Å². The summed E-state index contributed by atoms with van der Waals surface area (Å²) >= 11 is 0. The number of carbonyl (C=O) groups is 2. The Morgan fingerprint density at radius 2 is 1.84 bits per heavy atom. The molecule has 2 heterocycles. The summed E-state index contributed by atoms with van der Waals surface area (Å²) in [4.78, 5) is 31.9. The SMILES string of the molecule is COc1ccccc1C(=O)N1CCCN(C(=O)Cc2cc[nH]c2)CC1. The highest BCUT2D eigenvalue weighted by atomic mass is 16.5. The highest BCUT2D eigenvalue weighted by Gasteiger charge is 2.24. The van der Waals surface area contributed by atoms with Crippen LogP contribution in [0.5, 0.6) is 5.75 Å². The van der Waals surface area contributed by atoms with Crippen LogP contribution in [0.15, 0.2) is 42.7 Å². The first kappa shape index (κ1) is 17.1. The predicted octanol–water partition coefficient (Wildman–Crippen LogP) is 1.94. The number of carbonyl (C=O) groups excluding carboxylic acids is 2. The molecule has 1 aliphatic rings. The average Bonchev–Trinajstić information content (AvgIpc) is 3.02. The summed E-state index contributed by atoms with van der Waals surface area (Å²) in [6, 6.07) is 9.16. The van der Waals surface area contributed by atoms with Gasteiger partial charge in [0.15, 0.2) is 0 Å². The summed E-state index contributed by atoms with van der Waals surface area (Å²) in [5, 5.41) is 0. The summed E-state index contributed by atoms with van der Waals surface area (Å²) in [7, 11) is 1.57. The quantitative estimate of drug-likeness (QED) is 0.924. The van der Waals surface area contributed by atoms with Gasteiger partial charge in [0.2, 0.25) is 5.91 Å². The topological polar surface area (TPSA) is 65.6 Å². The van der Waals surface area contributed by atoms with Gasteiger partial charge in [0, 0.05) is 38.6 Å². The lowest BCUT2D eigenvalue weighted by atomic mass is 10.1. The first-order chi connectivity index (χ1) is 12.2. The van der Waals surface area contributed by atoms with E-state index in [0.717, 1.165) is 12.0 Å². The van der Waals surface area contributed by atoms with Crippen molar-refractivity contribution in [2.24, 2.45) is 0 Å². The van der Waals surface area contributed by atoms with Gasteiger partial charge in [-0.05, 0) is 30.2 Å². The first-order valence-electron chi connectivity index (χ1n) is 8.51. The maximum absolute atomic E-state index is 12.8. The highest BCUT2D eigenvalue weighted by molar-refractivity contribution is 5.97. The molecular formula is C19H23N3O3.